The third kappa shape index (κ3) is 1.93. The van der Waals surface area contributed by atoms with Crippen LogP contribution in [-0.2, 0) is 13.0 Å². The molecule has 2 aromatic rings. The number of imidazole rings is 1. The summed E-state index contributed by atoms with van der Waals surface area (Å²) in [6.45, 7) is 2.65. The van der Waals surface area contributed by atoms with Crippen LogP contribution in [0.1, 0.15) is 18.5 Å². The summed E-state index contributed by atoms with van der Waals surface area (Å²) in [6.07, 6.45) is 4.37. The first-order valence-electron chi connectivity index (χ1n) is 4.56. The van der Waals surface area contributed by atoms with E-state index in [0.717, 1.165) is 23.8 Å². The molecule has 14 heavy (non-hydrogen) atoms. The lowest BCUT2D eigenvalue weighted by molar-refractivity contribution is 0.389. The lowest BCUT2D eigenvalue weighted by atomic mass is 10.3. The van der Waals surface area contributed by atoms with E-state index in [1.165, 1.54) is 0 Å². The zero-order valence-corrected chi connectivity index (χ0v) is 7.95. The first-order valence-corrected chi connectivity index (χ1v) is 4.56. The molecule has 0 unspecified atom stereocenters. The lowest BCUT2D eigenvalue weighted by Gasteiger charge is -1.96. The number of aryl methyl sites for hydroxylation is 1. The zero-order valence-electron chi connectivity index (χ0n) is 7.95. The fourth-order valence-electron chi connectivity index (χ4n) is 1.13. The van der Waals surface area contributed by atoms with E-state index in [-0.39, 0.29) is 0 Å². The summed E-state index contributed by atoms with van der Waals surface area (Å²) in [5, 5.41) is 6.96. The molecule has 0 atom stereocenters. The molecule has 2 rings (SSSR count). The minimum atomic E-state index is 0.628. The molecule has 2 heterocycles. The third-order valence-corrected chi connectivity index (χ3v) is 1.90. The van der Waals surface area contributed by atoms with Gasteiger partial charge in [0.25, 0.3) is 0 Å². The van der Waals surface area contributed by atoms with E-state index in [1.54, 1.807) is 12.4 Å². The van der Waals surface area contributed by atoms with E-state index in [2.05, 4.69) is 20.4 Å². The molecular weight excluding hydrogens is 180 g/mol. The number of aromatic amines is 1. The van der Waals surface area contributed by atoms with E-state index >= 15 is 0 Å². The van der Waals surface area contributed by atoms with Crippen LogP contribution in [0, 0.1) is 0 Å². The predicted molar refractivity (Wildman–Crippen MR) is 51.8 cm³/mol. The van der Waals surface area contributed by atoms with Gasteiger partial charge in [-0.05, 0) is 0 Å². The number of anilines is 1. The largest absolute Gasteiger partial charge is 0.360 e. The maximum Gasteiger partial charge on any atom is 0.170 e. The Morgan fingerprint density at radius 3 is 3.14 bits per heavy atom. The van der Waals surface area contributed by atoms with E-state index in [0.29, 0.717) is 6.54 Å². The van der Waals surface area contributed by atoms with Crippen molar-refractivity contribution >= 4 is 5.82 Å². The Morgan fingerprint density at radius 2 is 2.50 bits per heavy atom. The van der Waals surface area contributed by atoms with Crippen molar-refractivity contribution in [1.29, 1.82) is 0 Å². The van der Waals surface area contributed by atoms with Crippen LogP contribution >= 0.6 is 0 Å². The van der Waals surface area contributed by atoms with Crippen LogP contribution in [0.4, 0.5) is 5.82 Å². The van der Waals surface area contributed by atoms with Gasteiger partial charge >= 0.3 is 0 Å². The highest BCUT2D eigenvalue weighted by molar-refractivity contribution is 5.33. The number of hydrogen-bond donors (Lipinski definition) is 2. The van der Waals surface area contributed by atoms with E-state index in [1.807, 2.05) is 13.0 Å². The van der Waals surface area contributed by atoms with Crippen molar-refractivity contribution < 1.29 is 4.52 Å². The van der Waals surface area contributed by atoms with Gasteiger partial charge < -0.3 is 14.8 Å². The second-order valence-electron chi connectivity index (χ2n) is 2.92. The van der Waals surface area contributed by atoms with Crippen LogP contribution in [0.25, 0.3) is 0 Å². The summed E-state index contributed by atoms with van der Waals surface area (Å²) >= 11 is 0. The summed E-state index contributed by atoms with van der Waals surface area (Å²) in [5.74, 6) is 2.51. The van der Waals surface area contributed by atoms with Gasteiger partial charge in [-0.2, -0.15) is 0 Å². The molecule has 0 saturated carbocycles. The van der Waals surface area contributed by atoms with Gasteiger partial charge in [0.05, 0.1) is 6.54 Å². The molecule has 0 aliphatic rings. The van der Waals surface area contributed by atoms with Crippen LogP contribution in [0.2, 0.25) is 0 Å². The van der Waals surface area contributed by atoms with Crippen molar-refractivity contribution in [3.8, 4) is 0 Å². The number of hydrogen-bond acceptors (Lipinski definition) is 4. The SMILES string of the molecule is CCc1cc(NCc2ncc[nH]2)no1. The van der Waals surface area contributed by atoms with Gasteiger partial charge in [-0.25, -0.2) is 4.98 Å². The quantitative estimate of drug-likeness (QED) is 0.771. The maximum atomic E-state index is 5.04. The topological polar surface area (TPSA) is 66.7 Å². The Hall–Kier alpha value is -1.78. The second kappa shape index (κ2) is 3.95. The first kappa shape index (κ1) is 8.80. The molecule has 0 radical (unpaired) electrons. The summed E-state index contributed by atoms with van der Waals surface area (Å²) in [6, 6.07) is 1.89. The lowest BCUT2D eigenvalue weighted by Crippen LogP contribution is -2.00. The first-order chi connectivity index (χ1) is 6.88. The molecule has 74 valence electrons. The van der Waals surface area contributed by atoms with Crippen molar-refractivity contribution in [3.63, 3.8) is 0 Å². The third-order valence-electron chi connectivity index (χ3n) is 1.90. The van der Waals surface area contributed by atoms with Crippen LogP contribution in [0.3, 0.4) is 0 Å². The molecule has 0 aliphatic carbocycles. The fraction of sp³-hybridized carbons (Fsp3) is 0.333. The second-order valence-corrected chi connectivity index (χ2v) is 2.92. The molecule has 0 bridgehead atoms. The van der Waals surface area contributed by atoms with Crippen molar-refractivity contribution in [3.05, 3.63) is 30.0 Å². The Bertz CT molecular complexity index is 379. The molecule has 5 heteroatoms. The van der Waals surface area contributed by atoms with E-state index < -0.39 is 0 Å². The predicted octanol–water partition coefficient (Wildman–Crippen LogP) is 1.57. The Morgan fingerprint density at radius 1 is 1.57 bits per heavy atom. The van der Waals surface area contributed by atoms with E-state index in [4.69, 9.17) is 4.52 Å². The highest BCUT2D eigenvalue weighted by Gasteiger charge is 2.01. The summed E-state index contributed by atoms with van der Waals surface area (Å²) in [5.41, 5.74) is 0. The molecule has 0 amide bonds. The Labute approximate surface area is 81.5 Å². The summed E-state index contributed by atoms with van der Waals surface area (Å²) in [7, 11) is 0. The minimum Gasteiger partial charge on any atom is -0.360 e. The molecule has 0 fully saturated rings. The van der Waals surface area contributed by atoms with Gasteiger partial charge in [0.2, 0.25) is 0 Å². The average molecular weight is 192 g/mol. The molecule has 0 aliphatic heterocycles. The van der Waals surface area contributed by atoms with E-state index in [9.17, 15) is 0 Å². The number of H-pyrrole nitrogens is 1. The Balaban J connectivity index is 1.92. The Kier molecular flexibility index (Phi) is 2.48. The van der Waals surface area contributed by atoms with Crippen molar-refractivity contribution in [1.82, 2.24) is 15.1 Å². The monoisotopic (exact) mass is 192 g/mol. The molecule has 0 aromatic carbocycles. The fourth-order valence-corrected chi connectivity index (χ4v) is 1.13. The van der Waals surface area contributed by atoms with Crippen LogP contribution in [0.5, 0.6) is 0 Å². The normalized spacial score (nSPS) is 10.4. The van der Waals surface area contributed by atoms with Gasteiger partial charge in [-0.15, -0.1) is 0 Å². The molecule has 0 saturated heterocycles. The van der Waals surface area contributed by atoms with Crippen LogP contribution < -0.4 is 5.32 Å². The van der Waals surface area contributed by atoms with Crippen LogP contribution in [0.15, 0.2) is 23.0 Å². The van der Waals surface area contributed by atoms with Crippen molar-refractivity contribution in [2.45, 2.75) is 19.9 Å². The van der Waals surface area contributed by atoms with Crippen molar-refractivity contribution in [2.75, 3.05) is 5.32 Å². The number of nitrogens with zero attached hydrogens (tertiary/aromatic N) is 2. The summed E-state index contributed by atoms with van der Waals surface area (Å²) in [4.78, 5) is 7.08. The molecule has 2 aromatic heterocycles. The van der Waals surface area contributed by atoms with Gasteiger partial charge in [-0.1, -0.05) is 12.1 Å². The standard InChI is InChI=1S/C9H12N4O/c1-2-7-5-8(13-14-7)12-6-9-10-3-4-11-9/h3-5H,2,6H2,1H3,(H,10,11)(H,12,13). The molecule has 0 spiro atoms. The van der Waals surface area contributed by atoms with Crippen LogP contribution in [-0.4, -0.2) is 15.1 Å². The number of nitrogens with one attached hydrogen (secondary N) is 2. The molecular formula is C9H12N4O. The maximum absolute atomic E-state index is 5.04. The average Bonchev–Trinajstić information content (AvgIpc) is 2.86. The van der Waals surface area contributed by atoms with Crippen molar-refractivity contribution in [2.24, 2.45) is 0 Å². The smallest absolute Gasteiger partial charge is 0.170 e. The number of aromatic nitrogens is 3. The highest BCUT2D eigenvalue weighted by atomic mass is 16.5. The minimum absolute atomic E-state index is 0.628. The molecule has 2 N–H and O–H groups in total. The zero-order chi connectivity index (χ0) is 9.80. The highest BCUT2D eigenvalue weighted by Crippen LogP contribution is 2.09. The van der Waals surface area contributed by atoms with Gasteiger partial charge in [0.15, 0.2) is 5.82 Å². The van der Waals surface area contributed by atoms with Gasteiger partial charge in [0.1, 0.15) is 11.6 Å². The van der Waals surface area contributed by atoms with Gasteiger partial charge in [0, 0.05) is 24.9 Å². The summed E-state index contributed by atoms with van der Waals surface area (Å²) < 4.78 is 5.04. The number of rotatable bonds is 4. The molecule has 5 nitrogen and oxygen atoms in total. The van der Waals surface area contributed by atoms with Gasteiger partial charge in [-0.3, -0.25) is 0 Å².